The summed E-state index contributed by atoms with van der Waals surface area (Å²) in [7, 11) is 0. The van der Waals surface area contributed by atoms with Crippen molar-refractivity contribution in [2.75, 3.05) is 19.6 Å². The van der Waals surface area contributed by atoms with E-state index in [0.717, 1.165) is 25.2 Å². The van der Waals surface area contributed by atoms with Crippen molar-refractivity contribution in [1.29, 1.82) is 0 Å². The molecule has 3 rings (SSSR count). The third-order valence-electron chi connectivity index (χ3n) is 5.03. The third kappa shape index (κ3) is 1.95. The standard InChI is InChI=1S/C16H21ClN2O/c1-10-5-4-6-12(14(10)17)15(20)19-9-11-7-18-8-13(11)16(19,2)3/h4-6,11,13,18H,7-9H2,1-3H3. The maximum atomic E-state index is 12.9. The lowest BCUT2D eigenvalue weighted by molar-refractivity contribution is 0.0603. The second kappa shape index (κ2) is 4.74. The van der Waals surface area contributed by atoms with Crippen LogP contribution in [0.1, 0.15) is 29.8 Å². The zero-order chi connectivity index (χ0) is 14.5. The van der Waals surface area contributed by atoms with E-state index in [1.807, 2.05) is 30.0 Å². The Kier molecular flexibility index (Phi) is 3.30. The van der Waals surface area contributed by atoms with Gasteiger partial charge in [0.1, 0.15) is 0 Å². The molecule has 1 amide bonds. The minimum Gasteiger partial charge on any atom is -0.333 e. The number of amides is 1. The molecule has 0 spiro atoms. The van der Waals surface area contributed by atoms with Crippen LogP contribution in [0, 0.1) is 18.8 Å². The van der Waals surface area contributed by atoms with E-state index in [1.54, 1.807) is 0 Å². The minimum absolute atomic E-state index is 0.0677. The molecule has 2 fully saturated rings. The lowest BCUT2D eigenvalue weighted by Gasteiger charge is -2.36. The number of hydrogen-bond donors (Lipinski definition) is 1. The lowest BCUT2D eigenvalue weighted by atomic mass is 9.84. The molecular weight excluding hydrogens is 272 g/mol. The number of nitrogens with one attached hydrogen (secondary N) is 1. The molecule has 1 aromatic carbocycles. The maximum absolute atomic E-state index is 12.9. The smallest absolute Gasteiger partial charge is 0.255 e. The Morgan fingerprint density at radius 3 is 2.85 bits per heavy atom. The van der Waals surface area contributed by atoms with Gasteiger partial charge in [0, 0.05) is 25.2 Å². The molecule has 1 N–H and O–H groups in total. The molecule has 0 bridgehead atoms. The Balaban J connectivity index is 1.93. The van der Waals surface area contributed by atoms with Gasteiger partial charge in [-0.15, -0.1) is 0 Å². The average molecular weight is 293 g/mol. The summed E-state index contributed by atoms with van der Waals surface area (Å²) in [5, 5.41) is 4.02. The Hall–Kier alpha value is -1.06. The highest BCUT2D eigenvalue weighted by atomic mass is 35.5. The second-order valence-electron chi connectivity index (χ2n) is 6.53. The van der Waals surface area contributed by atoms with E-state index in [4.69, 9.17) is 11.6 Å². The van der Waals surface area contributed by atoms with E-state index in [2.05, 4.69) is 19.2 Å². The number of nitrogens with zero attached hydrogens (tertiary/aromatic N) is 1. The summed E-state index contributed by atoms with van der Waals surface area (Å²) in [5.41, 5.74) is 1.47. The molecule has 0 saturated carbocycles. The summed E-state index contributed by atoms with van der Waals surface area (Å²) in [4.78, 5) is 14.9. The summed E-state index contributed by atoms with van der Waals surface area (Å²) in [6.07, 6.45) is 0. The zero-order valence-electron chi connectivity index (χ0n) is 12.2. The summed E-state index contributed by atoms with van der Waals surface area (Å²) >= 11 is 6.32. The molecule has 20 heavy (non-hydrogen) atoms. The van der Waals surface area contributed by atoms with Crippen molar-refractivity contribution in [3.05, 3.63) is 34.3 Å². The quantitative estimate of drug-likeness (QED) is 0.863. The highest BCUT2D eigenvalue weighted by Crippen LogP contribution is 2.41. The summed E-state index contributed by atoms with van der Waals surface area (Å²) in [5.74, 6) is 1.17. The summed E-state index contributed by atoms with van der Waals surface area (Å²) in [6, 6.07) is 5.67. The first-order valence-electron chi connectivity index (χ1n) is 7.20. The number of fused-ring (bicyclic) bond motifs is 1. The van der Waals surface area contributed by atoms with Crippen LogP contribution >= 0.6 is 11.6 Å². The van der Waals surface area contributed by atoms with Crippen LogP contribution in [0.4, 0.5) is 0 Å². The van der Waals surface area contributed by atoms with Crippen LogP contribution < -0.4 is 5.32 Å². The van der Waals surface area contributed by atoms with Gasteiger partial charge in [0.15, 0.2) is 0 Å². The molecule has 3 nitrogen and oxygen atoms in total. The third-order valence-corrected chi connectivity index (χ3v) is 5.53. The van der Waals surface area contributed by atoms with Crippen LogP contribution in [0.15, 0.2) is 18.2 Å². The molecule has 2 atom stereocenters. The fourth-order valence-corrected chi connectivity index (χ4v) is 3.93. The number of likely N-dealkylation sites (tertiary alicyclic amines) is 1. The Morgan fingerprint density at radius 1 is 1.40 bits per heavy atom. The van der Waals surface area contributed by atoms with E-state index < -0.39 is 0 Å². The first-order chi connectivity index (χ1) is 9.43. The monoisotopic (exact) mass is 292 g/mol. The van der Waals surface area contributed by atoms with E-state index in [-0.39, 0.29) is 11.4 Å². The van der Waals surface area contributed by atoms with Gasteiger partial charge in [-0.25, -0.2) is 0 Å². The zero-order valence-corrected chi connectivity index (χ0v) is 13.0. The fraction of sp³-hybridized carbons (Fsp3) is 0.562. The van der Waals surface area contributed by atoms with E-state index >= 15 is 0 Å². The van der Waals surface area contributed by atoms with E-state index in [9.17, 15) is 4.79 Å². The number of aryl methyl sites for hydroxylation is 1. The number of hydrogen-bond acceptors (Lipinski definition) is 2. The minimum atomic E-state index is -0.113. The Bertz CT molecular complexity index is 555. The molecule has 2 aliphatic rings. The number of carbonyl (C=O) groups is 1. The highest BCUT2D eigenvalue weighted by Gasteiger charge is 2.51. The number of carbonyl (C=O) groups excluding carboxylic acids is 1. The fourth-order valence-electron chi connectivity index (χ4n) is 3.72. The van der Waals surface area contributed by atoms with Gasteiger partial charge >= 0.3 is 0 Å². The predicted octanol–water partition coefficient (Wildman–Crippen LogP) is 2.72. The molecule has 0 aromatic heterocycles. The highest BCUT2D eigenvalue weighted by molar-refractivity contribution is 6.34. The number of rotatable bonds is 1. The largest absolute Gasteiger partial charge is 0.333 e. The normalized spacial score (nSPS) is 27.7. The topological polar surface area (TPSA) is 32.3 Å². The van der Waals surface area contributed by atoms with Crippen molar-refractivity contribution in [1.82, 2.24) is 10.2 Å². The Morgan fingerprint density at radius 2 is 2.15 bits per heavy atom. The second-order valence-corrected chi connectivity index (χ2v) is 6.91. The van der Waals surface area contributed by atoms with Gasteiger partial charge in [0.05, 0.1) is 10.6 Å². The van der Waals surface area contributed by atoms with Crippen LogP contribution in [0.5, 0.6) is 0 Å². The Labute approximate surface area is 125 Å². The van der Waals surface area contributed by atoms with Crippen LogP contribution in [0.25, 0.3) is 0 Å². The SMILES string of the molecule is Cc1cccc(C(=O)N2CC3CNCC3C2(C)C)c1Cl. The summed E-state index contributed by atoms with van der Waals surface area (Å²) in [6.45, 7) is 9.13. The van der Waals surface area contributed by atoms with Crippen LogP contribution in [0.2, 0.25) is 5.02 Å². The van der Waals surface area contributed by atoms with Crippen molar-refractivity contribution in [3.8, 4) is 0 Å². The number of halogens is 1. The van der Waals surface area contributed by atoms with E-state index in [1.165, 1.54) is 0 Å². The van der Waals surface area contributed by atoms with Crippen LogP contribution in [-0.4, -0.2) is 36.0 Å². The van der Waals surface area contributed by atoms with Crippen molar-refractivity contribution in [3.63, 3.8) is 0 Å². The summed E-state index contributed by atoms with van der Waals surface area (Å²) < 4.78 is 0. The molecule has 0 aliphatic carbocycles. The van der Waals surface area contributed by atoms with Gasteiger partial charge in [0.2, 0.25) is 0 Å². The molecular formula is C16H21ClN2O. The molecule has 2 aliphatic heterocycles. The lowest BCUT2D eigenvalue weighted by Crippen LogP contribution is -2.47. The van der Waals surface area contributed by atoms with Crippen LogP contribution in [-0.2, 0) is 0 Å². The van der Waals surface area contributed by atoms with Gasteiger partial charge < -0.3 is 10.2 Å². The van der Waals surface area contributed by atoms with Gasteiger partial charge in [-0.2, -0.15) is 0 Å². The predicted molar refractivity (Wildman–Crippen MR) is 81.2 cm³/mol. The van der Waals surface area contributed by atoms with Gasteiger partial charge in [0.25, 0.3) is 5.91 Å². The van der Waals surface area contributed by atoms with Crippen LogP contribution in [0.3, 0.4) is 0 Å². The van der Waals surface area contributed by atoms with Gasteiger partial charge in [-0.1, -0.05) is 23.7 Å². The van der Waals surface area contributed by atoms with Gasteiger partial charge in [-0.05, 0) is 44.2 Å². The van der Waals surface area contributed by atoms with Gasteiger partial charge in [-0.3, -0.25) is 4.79 Å². The van der Waals surface area contributed by atoms with E-state index in [0.29, 0.717) is 22.4 Å². The van der Waals surface area contributed by atoms with Crippen molar-refractivity contribution < 1.29 is 4.79 Å². The molecule has 1 aromatic rings. The number of benzene rings is 1. The molecule has 2 heterocycles. The first-order valence-corrected chi connectivity index (χ1v) is 7.58. The average Bonchev–Trinajstić information content (AvgIpc) is 2.95. The van der Waals surface area contributed by atoms with Crippen molar-refractivity contribution in [2.45, 2.75) is 26.3 Å². The molecule has 4 heteroatoms. The molecule has 2 saturated heterocycles. The molecule has 0 radical (unpaired) electrons. The van der Waals surface area contributed by atoms with Crippen molar-refractivity contribution in [2.24, 2.45) is 11.8 Å². The first kappa shape index (κ1) is 13.9. The molecule has 2 unspecified atom stereocenters. The van der Waals surface area contributed by atoms with Crippen molar-refractivity contribution >= 4 is 17.5 Å². The molecule has 108 valence electrons. The maximum Gasteiger partial charge on any atom is 0.255 e.